The molecule has 4 nitrogen and oxygen atoms in total. The number of carbonyl (C=O) groups is 1. The van der Waals surface area contributed by atoms with E-state index in [1.54, 1.807) is 0 Å². The van der Waals surface area contributed by atoms with Crippen molar-refractivity contribution in [2.24, 2.45) is 5.73 Å². The Labute approximate surface area is 121 Å². The number of nitrogens with one attached hydrogen (secondary N) is 1. The van der Waals surface area contributed by atoms with E-state index in [2.05, 4.69) is 24.2 Å². The molecular weight excluding hydrogens is 250 g/mol. The van der Waals surface area contributed by atoms with Gasteiger partial charge >= 0.3 is 0 Å². The molecule has 1 aromatic carbocycles. The minimum absolute atomic E-state index is 0.00472. The highest BCUT2D eigenvalue weighted by Crippen LogP contribution is 2.26. The van der Waals surface area contributed by atoms with Crippen molar-refractivity contribution >= 4 is 5.91 Å². The molecule has 1 amide bonds. The SMILES string of the molecule is CC(CNC(=O)c1ccccc1CCN)N(C)C1CC1. The van der Waals surface area contributed by atoms with Crippen LogP contribution in [0.15, 0.2) is 24.3 Å². The third-order valence-electron chi connectivity index (χ3n) is 4.05. The van der Waals surface area contributed by atoms with E-state index >= 15 is 0 Å². The van der Waals surface area contributed by atoms with Crippen molar-refractivity contribution in [2.75, 3.05) is 20.1 Å². The van der Waals surface area contributed by atoms with Crippen molar-refractivity contribution < 1.29 is 4.79 Å². The summed E-state index contributed by atoms with van der Waals surface area (Å²) in [7, 11) is 2.14. The van der Waals surface area contributed by atoms with Crippen LogP contribution in [-0.2, 0) is 6.42 Å². The van der Waals surface area contributed by atoms with Gasteiger partial charge in [0, 0.05) is 24.2 Å². The van der Waals surface area contributed by atoms with Crippen molar-refractivity contribution in [3.8, 4) is 0 Å². The number of nitrogens with two attached hydrogens (primary N) is 1. The fourth-order valence-electron chi connectivity index (χ4n) is 2.44. The molecule has 1 aromatic rings. The Hall–Kier alpha value is -1.39. The van der Waals surface area contributed by atoms with Crippen LogP contribution < -0.4 is 11.1 Å². The number of likely N-dealkylation sites (N-methyl/N-ethyl adjacent to an activating group) is 1. The molecule has 1 fully saturated rings. The number of hydrogen-bond acceptors (Lipinski definition) is 3. The highest BCUT2D eigenvalue weighted by atomic mass is 16.1. The van der Waals surface area contributed by atoms with Gasteiger partial charge in [-0.05, 0) is 51.4 Å². The summed E-state index contributed by atoms with van der Waals surface area (Å²) in [6.45, 7) is 3.40. The maximum Gasteiger partial charge on any atom is 0.251 e. The van der Waals surface area contributed by atoms with Gasteiger partial charge in [0.05, 0.1) is 0 Å². The van der Waals surface area contributed by atoms with Crippen LogP contribution in [0.4, 0.5) is 0 Å². The Bertz CT molecular complexity index is 457. The van der Waals surface area contributed by atoms with Crippen LogP contribution in [0.1, 0.15) is 35.7 Å². The highest BCUT2D eigenvalue weighted by molar-refractivity contribution is 5.95. The van der Waals surface area contributed by atoms with E-state index in [4.69, 9.17) is 5.73 Å². The van der Waals surface area contributed by atoms with Crippen LogP contribution in [0, 0.1) is 0 Å². The molecule has 1 unspecified atom stereocenters. The second kappa shape index (κ2) is 6.86. The number of carbonyl (C=O) groups excluding carboxylic acids is 1. The Morgan fingerprint density at radius 3 is 2.80 bits per heavy atom. The molecule has 2 rings (SSSR count). The lowest BCUT2D eigenvalue weighted by atomic mass is 10.0. The fraction of sp³-hybridized carbons (Fsp3) is 0.562. The molecule has 0 saturated heterocycles. The van der Waals surface area contributed by atoms with E-state index in [1.807, 2.05) is 24.3 Å². The first kappa shape index (κ1) is 15.0. The molecule has 0 spiro atoms. The number of nitrogens with zero attached hydrogens (tertiary/aromatic N) is 1. The lowest BCUT2D eigenvalue weighted by Gasteiger charge is -2.24. The van der Waals surface area contributed by atoms with E-state index in [0.29, 0.717) is 25.2 Å². The Morgan fingerprint density at radius 2 is 2.15 bits per heavy atom. The van der Waals surface area contributed by atoms with Crippen LogP contribution in [0.5, 0.6) is 0 Å². The lowest BCUT2D eigenvalue weighted by Crippen LogP contribution is -2.41. The van der Waals surface area contributed by atoms with Gasteiger partial charge in [-0.1, -0.05) is 18.2 Å². The number of benzene rings is 1. The molecule has 3 N–H and O–H groups in total. The summed E-state index contributed by atoms with van der Waals surface area (Å²) in [6.07, 6.45) is 3.31. The van der Waals surface area contributed by atoms with Crippen LogP contribution in [0.25, 0.3) is 0 Å². The molecular formula is C16H25N3O. The van der Waals surface area contributed by atoms with Crippen molar-refractivity contribution in [3.05, 3.63) is 35.4 Å². The average molecular weight is 275 g/mol. The second-order valence-corrected chi connectivity index (χ2v) is 5.65. The summed E-state index contributed by atoms with van der Waals surface area (Å²) >= 11 is 0. The van der Waals surface area contributed by atoms with Crippen molar-refractivity contribution in [3.63, 3.8) is 0 Å². The minimum Gasteiger partial charge on any atom is -0.350 e. The standard InChI is InChI=1S/C16H25N3O/c1-12(19(2)14-7-8-14)11-18-16(20)15-6-4-3-5-13(15)9-10-17/h3-6,12,14H,7-11,17H2,1-2H3,(H,18,20). The first-order valence-electron chi connectivity index (χ1n) is 7.41. The summed E-state index contributed by atoms with van der Waals surface area (Å²) in [4.78, 5) is 14.6. The zero-order valence-corrected chi connectivity index (χ0v) is 12.4. The molecule has 1 aliphatic carbocycles. The summed E-state index contributed by atoms with van der Waals surface area (Å²) in [5.41, 5.74) is 7.37. The Balaban J connectivity index is 1.91. The second-order valence-electron chi connectivity index (χ2n) is 5.65. The van der Waals surface area contributed by atoms with Crippen LogP contribution in [0.3, 0.4) is 0 Å². The molecule has 0 heterocycles. The molecule has 20 heavy (non-hydrogen) atoms. The maximum absolute atomic E-state index is 12.3. The summed E-state index contributed by atoms with van der Waals surface area (Å²) < 4.78 is 0. The van der Waals surface area contributed by atoms with E-state index in [-0.39, 0.29) is 5.91 Å². The van der Waals surface area contributed by atoms with Gasteiger partial charge in [0.25, 0.3) is 5.91 Å². The lowest BCUT2D eigenvalue weighted by molar-refractivity contribution is 0.0938. The zero-order chi connectivity index (χ0) is 14.5. The molecule has 0 aromatic heterocycles. The minimum atomic E-state index is 0.00472. The predicted octanol–water partition coefficient (Wildman–Crippen LogP) is 1.40. The smallest absolute Gasteiger partial charge is 0.251 e. The van der Waals surface area contributed by atoms with Crippen molar-refractivity contribution in [1.82, 2.24) is 10.2 Å². The Kier molecular flexibility index (Phi) is 5.15. The van der Waals surface area contributed by atoms with Crippen LogP contribution in [-0.4, -0.2) is 43.0 Å². The first-order chi connectivity index (χ1) is 9.63. The number of hydrogen-bond donors (Lipinski definition) is 2. The monoisotopic (exact) mass is 275 g/mol. The predicted molar refractivity (Wildman–Crippen MR) is 81.8 cm³/mol. The summed E-state index contributed by atoms with van der Waals surface area (Å²) in [5, 5.41) is 3.04. The van der Waals surface area contributed by atoms with Crippen molar-refractivity contribution in [1.29, 1.82) is 0 Å². The first-order valence-corrected chi connectivity index (χ1v) is 7.41. The van der Waals surface area contributed by atoms with Gasteiger partial charge in [-0.3, -0.25) is 9.69 Å². The molecule has 110 valence electrons. The molecule has 0 aliphatic heterocycles. The average Bonchev–Trinajstić information content (AvgIpc) is 3.29. The molecule has 4 heteroatoms. The Morgan fingerprint density at radius 1 is 1.45 bits per heavy atom. The largest absolute Gasteiger partial charge is 0.350 e. The van der Waals surface area contributed by atoms with Gasteiger partial charge in [-0.15, -0.1) is 0 Å². The van der Waals surface area contributed by atoms with Gasteiger partial charge in [-0.25, -0.2) is 0 Å². The maximum atomic E-state index is 12.3. The van der Waals surface area contributed by atoms with E-state index in [9.17, 15) is 4.79 Å². The van der Waals surface area contributed by atoms with Crippen LogP contribution in [0.2, 0.25) is 0 Å². The molecule has 1 atom stereocenters. The van der Waals surface area contributed by atoms with Gasteiger partial charge in [0.2, 0.25) is 0 Å². The van der Waals surface area contributed by atoms with Gasteiger partial charge in [-0.2, -0.15) is 0 Å². The highest BCUT2D eigenvalue weighted by Gasteiger charge is 2.29. The van der Waals surface area contributed by atoms with Crippen LogP contribution >= 0.6 is 0 Å². The molecule has 0 radical (unpaired) electrons. The third-order valence-corrected chi connectivity index (χ3v) is 4.05. The van der Waals surface area contributed by atoms with Crippen molar-refractivity contribution in [2.45, 2.75) is 38.3 Å². The topological polar surface area (TPSA) is 58.4 Å². The normalized spacial score (nSPS) is 16.2. The molecule has 1 saturated carbocycles. The van der Waals surface area contributed by atoms with E-state index < -0.39 is 0 Å². The van der Waals surface area contributed by atoms with Gasteiger partial charge < -0.3 is 11.1 Å². The quantitative estimate of drug-likeness (QED) is 0.791. The number of amides is 1. The summed E-state index contributed by atoms with van der Waals surface area (Å²) in [6, 6.07) is 8.77. The van der Waals surface area contributed by atoms with E-state index in [0.717, 1.165) is 17.5 Å². The number of rotatable bonds is 7. The zero-order valence-electron chi connectivity index (χ0n) is 12.4. The summed E-state index contributed by atoms with van der Waals surface area (Å²) in [5.74, 6) is 0.00472. The van der Waals surface area contributed by atoms with Gasteiger partial charge in [0.15, 0.2) is 0 Å². The van der Waals surface area contributed by atoms with E-state index in [1.165, 1.54) is 12.8 Å². The fourth-order valence-corrected chi connectivity index (χ4v) is 2.44. The molecule has 1 aliphatic rings. The van der Waals surface area contributed by atoms with Gasteiger partial charge in [0.1, 0.15) is 0 Å². The molecule has 0 bridgehead atoms. The third kappa shape index (κ3) is 3.81.